The van der Waals surface area contributed by atoms with Crippen molar-refractivity contribution in [1.82, 2.24) is 4.98 Å². The third kappa shape index (κ3) is 2.60. The monoisotopic (exact) mass is 213 g/mol. The van der Waals surface area contributed by atoms with Gasteiger partial charge in [0.05, 0.1) is 10.7 Å². The lowest BCUT2D eigenvalue weighted by atomic mass is 10.2. The number of halogens is 1. The fraction of sp³-hybridized carbons (Fsp3) is 0.333. The van der Waals surface area contributed by atoms with E-state index in [0.717, 1.165) is 0 Å². The van der Waals surface area contributed by atoms with Gasteiger partial charge < -0.3 is 11.1 Å². The number of carbonyl (C=O) groups is 1. The van der Waals surface area contributed by atoms with E-state index in [-0.39, 0.29) is 11.7 Å². The van der Waals surface area contributed by atoms with Crippen molar-refractivity contribution >= 4 is 23.2 Å². The van der Waals surface area contributed by atoms with Gasteiger partial charge >= 0.3 is 0 Å². The first-order valence-electron chi connectivity index (χ1n) is 4.22. The fourth-order valence-corrected chi connectivity index (χ4v) is 1.21. The Hall–Kier alpha value is -1.29. The van der Waals surface area contributed by atoms with Crippen LogP contribution >= 0.6 is 11.6 Å². The molecule has 4 nitrogen and oxygen atoms in total. The lowest BCUT2D eigenvalue weighted by Crippen LogP contribution is -2.19. The second-order valence-electron chi connectivity index (χ2n) is 3.21. The Morgan fingerprint density at radius 3 is 2.79 bits per heavy atom. The summed E-state index contributed by atoms with van der Waals surface area (Å²) < 4.78 is 0. The molecule has 0 atom stereocenters. The van der Waals surface area contributed by atoms with Crippen molar-refractivity contribution in [3.05, 3.63) is 23.0 Å². The molecular formula is C9H12ClN3O. The Morgan fingerprint density at radius 1 is 1.64 bits per heavy atom. The van der Waals surface area contributed by atoms with E-state index in [4.69, 9.17) is 17.3 Å². The molecule has 1 heterocycles. The van der Waals surface area contributed by atoms with Gasteiger partial charge in [0, 0.05) is 12.2 Å². The minimum absolute atomic E-state index is 0.188. The topological polar surface area (TPSA) is 68.0 Å². The summed E-state index contributed by atoms with van der Waals surface area (Å²) in [6.45, 7) is 3.90. The molecule has 1 rings (SSSR count). The lowest BCUT2D eigenvalue weighted by Gasteiger charge is -2.12. The van der Waals surface area contributed by atoms with E-state index in [1.807, 2.05) is 13.8 Å². The largest absolute Gasteiger partial charge is 0.381 e. The third-order valence-corrected chi connectivity index (χ3v) is 1.74. The van der Waals surface area contributed by atoms with Gasteiger partial charge in [-0.3, -0.25) is 4.79 Å². The number of nitrogens with one attached hydrogen (secondary N) is 1. The molecular weight excluding hydrogens is 202 g/mol. The third-order valence-electron chi connectivity index (χ3n) is 1.53. The van der Waals surface area contributed by atoms with Crippen LogP contribution in [0.15, 0.2) is 12.3 Å². The maximum atomic E-state index is 11.0. The molecule has 1 amide bonds. The number of hydrogen-bond donors (Lipinski definition) is 2. The Labute approximate surface area is 87.5 Å². The highest BCUT2D eigenvalue weighted by atomic mass is 35.5. The Kier molecular flexibility index (Phi) is 3.30. The first-order valence-corrected chi connectivity index (χ1v) is 4.60. The molecule has 1 aromatic heterocycles. The van der Waals surface area contributed by atoms with Crippen molar-refractivity contribution in [1.29, 1.82) is 0 Å². The van der Waals surface area contributed by atoms with Crippen LogP contribution in [-0.4, -0.2) is 16.9 Å². The van der Waals surface area contributed by atoms with Crippen LogP contribution in [0.1, 0.15) is 24.3 Å². The SMILES string of the molecule is CC(C)Nc1cc(Cl)cnc1C(N)=O. The van der Waals surface area contributed by atoms with E-state index in [1.165, 1.54) is 6.20 Å². The highest BCUT2D eigenvalue weighted by Gasteiger charge is 2.10. The van der Waals surface area contributed by atoms with Gasteiger partial charge in [-0.1, -0.05) is 11.6 Å². The second-order valence-corrected chi connectivity index (χ2v) is 3.65. The highest BCUT2D eigenvalue weighted by molar-refractivity contribution is 6.30. The van der Waals surface area contributed by atoms with Gasteiger partial charge in [-0.25, -0.2) is 4.98 Å². The number of amides is 1. The van der Waals surface area contributed by atoms with Crippen LogP contribution in [-0.2, 0) is 0 Å². The summed E-state index contributed by atoms with van der Waals surface area (Å²) in [7, 11) is 0. The summed E-state index contributed by atoms with van der Waals surface area (Å²) >= 11 is 5.75. The van der Waals surface area contributed by atoms with Crippen molar-refractivity contribution in [3.8, 4) is 0 Å². The molecule has 0 saturated carbocycles. The van der Waals surface area contributed by atoms with Crippen molar-refractivity contribution < 1.29 is 4.79 Å². The maximum absolute atomic E-state index is 11.0. The van der Waals surface area contributed by atoms with Crippen molar-refractivity contribution in [3.63, 3.8) is 0 Å². The maximum Gasteiger partial charge on any atom is 0.269 e. The zero-order chi connectivity index (χ0) is 10.7. The summed E-state index contributed by atoms with van der Waals surface area (Å²) in [5.41, 5.74) is 5.94. The van der Waals surface area contributed by atoms with Crippen molar-refractivity contribution in [2.24, 2.45) is 5.73 Å². The van der Waals surface area contributed by atoms with Gasteiger partial charge in [0.15, 0.2) is 5.69 Å². The number of aromatic nitrogens is 1. The molecule has 5 heteroatoms. The molecule has 0 unspecified atom stereocenters. The molecule has 0 aliphatic heterocycles. The van der Waals surface area contributed by atoms with Crippen molar-refractivity contribution in [2.75, 3.05) is 5.32 Å². The first-order chi connectivity index (χ1) is 6.50. The smallest absolute Gasteiger partial charge is 0.269 e. The molecule has 76 valence electrons. The van der Waals surface area contributed by atoms with Gasteiger partial charge in [0.1, 0.15) is 0 Å². The summed E-state index contributed by atoms with van der Waals surface area (Å²) in [4.78, 5) is 14.9. The molecule has 3 N–H and O–H groups in total. The predicted molar refractivity (Wildman–Crippen MR) is 56.5 cm³/mol. The molecule has 0 aliphatic carbocycles. The van der Waals surface area contributed by atoms with Crippen LogP contribution in [0, 0.1) is 0 Å². The second kappa shape index (κ2) is 4.28. The summed E-state index contributed by atoms with van der Waals surface area (Å²) in [6, 6.07) is 1.82. The Bertz CT molecular complexity index is 352. The number of pyridine rings is 1. The minimum atomic E-state index is -0.565. The van der Waals surface area contributed by atoms with E-state index in [9.17, 15) is 4.79 Å². The molecule has 0 aromatic carbocycles. The molecule has 0 saturated heterocycles. The van der Waals surface area contributed by atoms with Crippen LogP contribution in [0.5, 0.6) is 0 Å². The summed E-state index contributed by atoms with van der Waals surface area (Å²) in [5.74, 6) is -0.565. The number of nitrogens with zero attached hydrogens (tertiary/aromatic N) is 1. The molecule has 0 fully saturated rings. The Balaban J connectivity index is 3.09. The van der Waals surface area contributed by atoms with Crippen LogP contribution in [0.2, 0.25) is 5.02 Å². The van der Waals surface area contributed by atoms with Gasteiger partial charge in [0.2, 0.25) is 0 Å². The van der Waals surface area contributed by atoms with Gasteiger partial charge in [0.25, 0.3) is 5.91 Å². The predicted octanol–water partition coefficient (Wildman–Crippen LogP) is 1.65. The average Bonchev–Trinajstić information content (AvgIpc) is 2.01. The number of primary amides is 1. The van der Waals surface area contributed by atoms with Crippen molar-refractivity contribution in [2.45, 2.75) is 19.9 Å². The number of rotatable bonds is 3. The molecule has 0 radical (unpaired) electrons. The lowest BCUT2D eigenvalue weighted by molar-refractivity contribution is 0.0996. The number of nitrogens with two attached hydrogens (primary N) is 1. The van der Waals surface area contributed by atoms with E-state index in [2.05, 4.69) is 10.3 Å². The van der Waals surface area contributed by atoms with E-state index < -0.39 is 5.91 Å². The zero-order valence-corrected chi connectivity index (χ0v) is 8.80. The Morgan fingerprint density at radius 2 is 2.29 bits per heavy atom. The first kappa shape index (κ1) is 10.8. The highest BCUT2D eigenvalue weighted by Crippen LogP contribution is 2.18. The van der Waals surface area contributed by atoms with Gasteiger partial charge in [-0.2, -0.15) is 0 Å². The summed E-state index contributed by atoms with van der Waals surface area (Å²) in [5, 5.41) is 3.52. The molecule has 0 aliphatic rings. The van der Waals surface area contributed by atoms with Crippen LogP contribution in [0.3, 0.4) is 0 Å². The molecule has 14 heavy (non-hydrogen) atoms. The standard InChI is InChI=1S/C9H12ClN3O/c1-5(2)13-7-3-6(10)4-12-8(7)9(11)14/h3-5,13H,1-2H3,(H2,11,14). The number of anilines is 1. The normalized spacial score (nSPS) is 10.3. The molecule has 1 aromatic rings. The van der Waals surface area contributed by atoms with Crippen LogP contribution < -0.4 is 11.1 Å². The van der Waals surface area contributed by atoms with E-state index >= 15 is 0 Å². The number of hydrogen-bond acceptors (Lipinski definition) is 3. The van der Waals surface area contributed by atoms with Gasteiger partial charge in [-0.15, -0.1) is 0 Å². The summed E-state index contributed by atoms with van der Waals surface area (Å²) in [6.07, 6.45) is 1.40. The minimum Gasteiger partial charge on any atom is -0.381 e. The van der Waals surface area contributed by atoms with E-state index in [0.29, 0.717) is 10.7 Å². The van der Waals surface area contributed by atoms with Crippen LogP contribution in [0.4, 0.5) is 5.69 Å². The zero-order valence-electron chi connectivity index (χ0n) is 8.04. The van der Waals surface area contributed by atoms with E-state index in [1.54, 1.807) is 6.07 Å². The van der Waals surface area contributed by atoms with Crippen LogP contribution in [0.25, 0.3) is 0 Å². The number of carbonyl (C=O) groups excluding carboxylic acids is 1. The quantitative estimate of drug-likeness (QED) is 0.803. The van der Waals surface area contributed by atoms with Gasteiger partial charge in [-0.05, 0) is 19.9 Å². The fourth-order valence-electron chi connectivity index (χ4n) is 1.06. The average molecular weight is 214 g/mol. The molecule has 0 bridgehead atoms. The molecule has 0 spiro atoms.